The molecule has 1 aliphatic rings. The summed E-state index contributed by atoms with van der Waals surface area (Å²) in [6, 6.07) is 8.90. The van der Waals surface area contributed by atoms with Crippen LogP contribution in [0.1, 0.15) is 79.7 Å². The lowest BCUT2D eigenvalue weighted by Crippen LogP contribution is -2.55. The summed E-state index contributed by atoms with van der Waals surface area (Å²) in [7, 11) is 0. The molecule has 0 spiro atoms. The first-order chi connectivity index (χ1) is 26.9. The Morgan fingerprint density at radius 2 is 1.62 bits per heavy atom. The fraction of sp³-hybridized carbons (Fsp3) is 0.475. The summed E-state index contributed by atoms with van der Waals surface area (Å²) in [4.78, 5) is 88.8. The van der Waals surface area contributed by atoms with Crippen LogP contribution in [0.2, 0.25) is 0 Å². The van der Waals surface area contributed by atoms with E-state index in [4.69, 9.17) is 5.26 Å². The molecule has 0 aromatic heterocycles. The van der Waals surface area contributed by atoms with E-state index in [1.54, 1.807) is 32.2 Å². The maximum Gasteiger partial charge on any atom is 0.290 e. The molecule has 0 saturated heterocycles. The standard InChI is InChI=1S/C20H31N5O3.C9H12N4O4.C7H8.C2H6.C2H2/c1-5-7-8-10-23-20(28)17(14(3)4)25-18(26)15(9-6-2)24-19(27)16-13-21-11-12-22-16;1-2-3-7(12-13-17)8(15)9(16)11-5-6(14)4-10;1-7-5-3-2-4-6-7;2*1-2/h6,8-10,13-15,17H,5,7,11-12H2,1-4H3,(H,23,28)(H,24,27)(H,25,26);7H,2-3,5H2,1H3,(H,11,16)(H,12,17);2-6H,1H3;1-2H3;1-2H/b9-6?,10-8+;;;;. The number of carbonyl (C=O) groups is 6. The summed E-state index contributed by atoms with van der Waals surface area (Å²) in [5.41, 5.74) is 3.48. The number of terminal acetylenes is 1. The van der Waals surface area contributed by atoms with Crippen molar-refractivity contribution < 1.29 is 28.8 Å². The van der Waals surface area contributed by atoms with Crippen molar-refractivity contribution in [3.05, 3.63) is 65.2 Å². The third-order valence-electron chi connectivity index (χ3n) is 6.76. The van der Waals surface area contributed by atoms with E-state index in [-0.39, 0.29) is 24.0 Å². The van der Waals surface area contributed by atoms with Crippen molar-refractivity contribution >= 4 is 47.1 Å². The van der Waals surface area contributed by atoms with Crippen molar-refractivity contribution in [1.82, 2.24) is 26.7 Å². The number of unbranched alkanes of at least 4 members (excludes halogenated alkanes) is 1. The number of allylic oxidation sites excluding steroid dienone is 2. The van der Waals surface area contributed by atoms with E-state index in [0.29, 0.717) is 19.5 Å². The Labute approximate surface area is 331 Å². The number of benzene rings is 1. The number of nitrogens with one attached hydrogen (secondary N) is 5. The molecule has 0 fully saturated rings. The SMILES string of the molecule is C#C.CC.CC=CC(NC(=O)C1=NCCN=C1)C(=O)NC(C(=O)N/C=C/CCC)C(C)C.CCCC(NN=O)C(=O)C(=O)NCC(=O)C#N.Cc1ccccc1. The lowest BCUT2D eigenvalue weighted by atomic mass is 10.0. The zero-order valence-corrected chi connectivity index (χ0v) is 33.8. The van der Waals surface area contributed by atoms with E-state index in [1.165, 1.54) is 17.8 Å². The third kappa shape index (κ3) is 25.6. The van der Waals surface area contributed by atoms with Crippen molar-refractivity contribution in [2.24, 2.45) is 21.2 Å². The Balaban J connectivity index is -0.000000843. The average molecular weight is 778 g/mol. The van der Waals surface area contributed by atoms with Crippen LogP contribution in [0.5, 0.6) is 0 Å². The normalized spacial score (nSPS) is 12.6. The van der Waals surface area contributed by atoms with Crippen molar-refractivity contribution in [2.75, 3.05) is 19.6 Å². The summed E-state index contributed by atoms with van der Waals surface area (Å²) in [5, 5.41) is 20.5. The van der Waals surface area contributed by atoms with Crippen molar-refractivity contribution in [3.63, 3.8) is 0 Å². The molecule has 5 N–H and O–H groups in total. The largest absolute Gasteiger partial charge is 0.342 e. The van der Waals surface area contributed by atoms with Crippen LogP contribution < -0.4 is 26.7 Å². The van der Waals surface area contributed by atoms with Gasteiger partial charge in [0.2, 0.25) is 17.6 Å². The summed E-state index contributed by atoms with van der Waals surface area (Å²) in [6.07, 6.45) is 18.8. The minimum atomic E-state index is -1.02. The number of hydrogen-bond acceptors (Lipinski definition) is 11. The van der Waals surface area contributed by atoms with Gasteiger partial charge < -0.3 is 21.3 Å². The highest BCUT2D eigenvalue weighted by Crippen LogP contribution is 2.04. The highest BCUT2D eigenvalue weighted by Gasteiger charge is 2.28. The average Bonchev–Trinajstić information content (AvgIpc) is 3.22. The first kappa shape index (κ1) is 54.1. The number of aliphatic imine (C=N–C) groups is 2. The molecule has 0 radical (unpaired) electrons. The lowest BCUT2D eigenvalue weighted by molar-refractivity contribution is -0.139. The van der Waals surface area contributed by atoms with Crippen LogP contribution in [-0.2, 0) is 28.8 Å². The monoisotopic (exact) mass is 777 g/mol. The molecule has 0 bridgehead atoms. The van der Waals surface area contributed by atoms with Crippen molar-refractivity contribution in [3.8, 4) is 18.9 Å². The minimum Gasteiger partial charge on any atom is -0.342 e. The second kappa shape index (κ2) is 35.7. The van der Waals surface area contributed by atoms with Crippen molar-refractivity contribution in [1.29, 1.82) is 5.26 Å². The molecule has 0 aliphatic carbocycles. The second-order valence-corrected chi connectivity index (χ2v) is 11.5. The number of ketones is 2. The van der Waals surface area contributed by atoms with Gasteiger partial charge in [0.1, 0.15) is 29.9 Å². The second-order valence-electron chi connectivity index (χ2n) is 11.5. The molecule has 1 aromatic carbocycles. The molecule has 3 atom stereocenters. The van der Waals surface area contributed by atoms with Crippen LogP contribution >= 0.6 is 0 Å². The molecule has 3 unspecified atom stereocenters. The number of nitriles is 1. The number of aryl methyl sites for hydroxylation is 1. The highest BCUT2D eigenvalue weighted by atomic mass is 16.3. The van der Waals surface area contributed by atoms with E-state index < -0.39 is 54.0 Å². The maximum absolute atomic E-state index is 12.7. The Morgan fingerprint density at radius 1 is 0.982 bits per heavy atom. The summed E-state index contributed by atoms with van der Waals surface area (Å²) in [6.45, 7) is 15.8. The molecule has 1 heterocycles. The first-order valence-corrected chi connectivity index (χ1v) is 18.3. The summed E-state index contributed by atoms with van der Waals surface area (Å²) >= 11 is 0. The topological polar surface area (TPSA) is 241 Å². The highest BCUT2D eigenvalue weighted by molar-refractivity contribution is 6.61. The molecular formula is C40H59N9O7. The molecule has 4 amide bonds. The Kier molecular flexibility index (Phi) is 34.5. The number of amides is 4. The van der Waals surface area contributed by atoms with E-state index in [1.807, 2.05) is 69.6 Å². The van der Waals surface area contributed by atoms with Gasteiger partial charge in [-0.3, -0.25) is 44.2 Å². The molecule has 2 rings (SSSR count). The van der Waals surface area contributed by atoms with Gasteiger partial charge in [0.15, 0.2) is 0 Å². The van der Waals surface area contributed by atoms with Crippen molar-refractivity contribution in [2.45, 2.75) is 99.2 Å². The van der Waals surface area contributed by atoms with E-state index in [0.717, 1.165) is 12.8 Å². The van der Waals surface area contributed by atoms with Gasteiger partial charge in [-0.15, -0.1) is 17.8 Å². The number of Topliss-reactive ketones (excluding diaryl/α,β-unsaturated/α-hetero) is 2. The lowest BCUT2D eigenvalue weighted by Gasteiger charge is -2.23. The predicted octanol–water partition coefficient (Wildman–Crippen LogP) is 3.62. The maximum atomic E-state index is 12.7. The van der Waals surface area contributed by atoms with E-state index in [9.17, 15) is 33.7 Å². The Morgan fingerprint density at radius 3 is 2.09 bits per heavy atom. The fourth-order valence-electron chi connectivity index (χ4n) is 4.00. The van der Waals surface area contributed by atoms with Crippen LogP contribution in [0.4, 0.5) is 0 Å². The Hall–Kier alpha value is -6.29. The van der Waals surface area contributed by atoms with Gasteiger partial charge in [-0.25, -0.2) is 0 Å². The molecule has 16 nitrogen and oxygen atoms in total. The van der Waals surface area contributed by atoms with E-state index >= 15 is 0 Å². The minimum absolute atomic E-state index is 0.125. The molecule has 1 aromatic rings. The quantitative estimate of drug-likeness (QED) is 0.0365. The van der Waals surface area contributed by atoms with Gasteiger partial charge in [-0.05, 0) is 38.8 Å². The van der Waals surface area contributed by atoms with Gasteiger partial charge in [0, 0.05) is 0 Å². The molecule has 0 saturated carbocycles. The predicted molar refractivity (Wildman–Crippen MR) is 220 cm³/mol. The van der Waals surface area contributed by atoms with Crippen LogP contribution in [0, 0.1) is 41.9 Å². The van der Waals surface area contributed by atoms with Crippen LogP contribution in [0.25, 0.3) is 0 Å². The zero-order valence-electron chi connectivity index (χ0n) is 33.8. The zero-order chi connectivity index (χ0) is 43.3. The summed E-state index contributed by atoms with van der Waals surface area (Å²) in [5.74, 6) is -4.15. The molecule has 306 valence electrons. The number of rotatable bonds is 18. The number of nitroso groups, excluding NO2 is 1. The van der Waals surface area contributed by atoms with E-state index in [2.05, 4.69) is 63.1 Å². The third-order valence-corrected chi connectivity index (χ3v) is 6.76. The van der Waals surface area contributed by atoms with Gasteiger partial charge in [-0.2, -0.15) is 5.26 Å². The molecular weight excluding hydrogens is 718 g/mol. The van der Waals surface area contributed by atoms with Crippen LogP contribution in [0.3, 0.4) is 0 Å². The van der Waals surface area contributed by atoms with Crippen LogP contribution in [0.15, 0.2) is 70.0 Å². The number of carbonyl (C=O) groups excluding carboxylic acids is 6. The van der Waals surface area contributed by atoms with Gasteiger partial charge in [-0.1, -0.05) is 109 Å². The van der Waals surface area contributed by atoms with Gasteiger partial charge >= 0.3 is 0 Å². The smallest absolute Gasteiger partial charge is 0.290 e. The molecule has 16 heteroatoms. The molecule has 1 aliphatic heterocycles. The fourth-order valence-corrected chi connectivity index (χ4v) is 4.00. The van der Waals surface area contributed by atoms with Gasteiger partial charge in [0.25, 0.3) is 17.6 Å². The number of hydrogen-bond donors (Lipinski definition) is 5. The van der Waals surface area contributed by atoms with Crippen LogP contribution in [-0.4, -0.2) is 84.9 Å². The Bertz CT molecular complexity index is 1530. The molecule has 56 heavy (non-hydrogen) atoms. The first-order valence-electron chi connectivity index (χ1n) is 18.3. The number of nitrogens with zero attached hydrogens (tertiary/aromatic N) is 4. The summed E-state index contributed by atoms with van der Waals surface area (Å²) < 4.78 is 0. The van der Waals surface area contributed by atoms with Gasteiger partial charge in [0.05, 0.1) is 31.1 Å².